The zero-order valence-electron chi connectivity index (χ0n) is 15.5. The Kier molecular flexibility index (Phi) is 5.86. The molecule has 1 aliphatic rings. The average molecular weight is 404 g/mol. The number of halogens is 3. The SMILES string of the molecule is C=C(/C=C\C=[NH+]\O)C(O)(c1cccnc1)C(c1ccc(F)cc1)N1CC(F)(F)C1. The van der Waals surface area contributed by atoms with Crippen LogP contribution in [-0.2, 0) is 5.60 Å². The van der Waals surface area contributed by atoms with Crippen molar-refractivity contribution in [2.75, 3.05) is 13.1 Å². The molecule has 1 saturated heterocycles. The number of rotatable bonds is 7. The van der Waals surface area contributed by atoms with Crippen LogP contribution in [0, 0.1) is 5.82 Å². The molecule has 2 atom stereocenters. The Labute approximate surface area is 166 Å². The number of likely N-dealkylation sites (tertiary alicyclic amines) is 1. The van der Waals surface area contributed by atoms with E-state index in [4.69, 9.17) is 5.21 Å². The Hall–Kier alpha value is -2.97. The maximum absolute atomic E-state index is 13.7. The maximum Gasteiger partial charge on any atom is 0.272 e. The molecule has 1 aromatic carbocycles. The molecule has 0 spiro atoms. The Morgan fingerprint density at radius 1 is 1.28 bits per heavy atom. The summed E-state index contributed by atoms with van der Waals surface area (Å²) in [7, 11) is 0. The molecular weight excluding hydrogens is 383 g/mol. The average Bonchev–Trinajstić information content (AvgIpc) is 2.68. The number of allylic oxidation sites excluding steroid dienone is 1. The van der Waals surface area contributed by atoms with E-state index in [1.807, 2.05) is 5.16 Å². The minimum absolute atomic E-state index is 0.182. The number of aliphatic hydroxyl groups is 1. The van der Waals surface area contributed by atoms with Gasteiger partial charge >= 0.3 is 0 Å². The molecule has 2 unspecified atom stereocenters. The number of alkyl halides is 2. The zero-order chi connectivity index (χ0) is 21.1. The van der Waals surface area contributed by atoms with Gasteiger partial charge < -0.3 is 5.11 Å². The van der Waals surface area contributed by atoms with E-state index < -0.39 is 36.5 Å². The van der Waals surface area contributed by atoms with Gasteiger partial charge in [0.05, 0.1) is 19.1 Å². The Morgan fingerprint density at radius 2 is 1.97 bits per heavy atom. The predicted molar refractivity (Wildman–Crippen MR) is 101 cm³/mol. The van der Waals surface area contributed by atoms with Crippen molar-refractivity contribution in [1.29, 1.82) is 0 Å². The lowest BCUT2D eigenvalue weighted by Gasteiger charge is -2.50. The molecule has 3 N–H and O–H groups in total. The van der Waals surface area contributed by atoms with Crippen LogP contribution in [0.3, 0.4) is 0 Å². The van der Waals surface area contributed by atoms with Gasteiger partial charge in [0.2, 0.25) is 6.21 Å². The largest absolute Gasteiger partial charge is 0.378 e. The summed E-state index contributed by atoms with van der Waals surface area (Å²) in [4.78, 5) is 5.46. The summed E-state index contributed by atoms with van der Waals surface area (Å²) >= 11 is 0. The first-order chi connectivity index (χ1) is 13.8. The van der Waals surface area contributed by atoms with Gasteiger partial charge in [-0.15, -0.1) is 0 Å². The van der Waals surface area contributed by atoms with Crippen LogP contribution in [-0.4, -0.2) is 45.4 Å². The van der Waals surface area contributed by atoms with Crippen LogP contribution in [0.2, 0.25) is 0 Å². The maximum atomic E-state index is 13.7. The Bertz CT molecular complexity index is 909. The van der Waals surface area contributed by atoms with Crippen LogP contribution in [0.25, 0.3) is 0 Å². The molecule has 0 saturated carbocycles. The van der Waals surface area contributed by atoms with Gasteiger partial charge in [-0.2, -0.15) is 0 Å². The zero-order valence-corrected chi connectivity index (χ0v) is 15.5. The highest BCUT2D eigenvalue weighted by Gasteiger charge is 2.54. The van der Waals surface area contributed by atoms with E-state index in [1.165, 1.54) is 59.9 Å². The third-order valence-electron chi connectivity index (χ3n) is 4.87. The third-order valence-corrected chi connectivity index (χ3v) is 4.87. The highest BCUT2D eigenvalue weighted by atomic mass is 19.3. The van der Waals surface area contributed by atoms with E-state index in [1.54, 1.807) is 12.1 Å². The van der Waals surface area contributed by atoms with Crippen molar-refractivity contribution in [2.24, 2.45) is 0 Å². The third kappa shape index (κ3) is 4.23. The molecule has 0 radical (unpaired) electrons. The molecule has 8 heteroatoms. The molecule has 3 rings (SSSR count). The Morgan fingerprint density at radius 3 is 2.52 bits per heavy atom. The summed E-state index contributed by atoms with van der Waals surface area (Å²) in [6, 6.07) is 7.61. The van der Waals surface area contributed by atoms with E-state index in [9.17, 15) is 18.3 Å². The monoisotopic (exact) mass is 404 g/mol. The van der Waals surface area contributed by atoms with Crippen LogP contribution < -0.4 is 5.16 Å². The lowest BCUT2D eigenvalue weighted by molar-refractivity contribution is -0.733. The number of benzene rings is 1. The molecule has 1 aromatic heterocycles. The molecular formula is C21H21F3N3O2+. The predicted octanol–water partition coefficient (Wildman–Crippen LogP) is 1.75. The number of pyridine rings is 1. The van der Waals surface area contributed by atoms with E-state index in [0.717, 1.165) is 0 Å². The number of aromatic nitrogens is 1. The van der Waals surface area contributed by atoms with Crippen molar-refractivity contribution in [3.05, 3.63) is 90.0 Å². The summed E-state index contributed by atoms with van der Waals surface area (Å²) in [6.07, 6.45) is 7.03. The van der Waals surface area contributed by atoms with Crippen molar-refractivity contribution in [3.8, 4) is 0 Å². The molecule has 0 bridgehead atoms. The number of nitrogens with one attached hydrogen (secondary N) is 1. The van der Waals surface area contributed by atoms with Crippen molar-refractivity contribution in [3.63, 3.8) is 0 Å². The summed E-state index contributed by atoms with van der Waals surface area (Å²) in [5, 5.41) is 22.4. The van der Waals surface area contributed by atoms with Gasteiger partial charge in [-0.05, 0) is 34.5 Å². The second kappa shape index (κ2) is 8.18. The topological polar surface area (TPSA) is 70.6 Å². The second-order valence-electron chi connectivity index (χ2n) is 6.90. The normalized spacial score (nSPS) is 19.7. The lowest BCUT2D eigenvalue weighted by atomic mass is 9.76. The first-order valence-electron chi connectivity index (χ1n) is 8.87. The molecule has 0 aliphatic carbocycles. The van der Waals surface area contributed by atoms with Gasteiger partial charge in [-0.25, -0.2) is 13.2 Å². The van der Waals surface area contributed by atoms with Crippen LogP contribution >= 0.6 is 0 Å². The van der Waals surface area contributed by atoms with Crippen LogP contribution in [0.4, 0.5) is 13.2 Å². The van der Waals surface area contributed by atoms with E-state index in [2.05, 4.69) is 11.6 Å². The molecule has 1 aliphatic heterocycles. The number of hydrogen-bond acceptors (Lipinski definition) is 4. The fourth-order valence-corrected chi connectivity index (χ4v) is 3.53. The first kappa shape index (κ1) is 20.8. The number of nitrogens with zero attached hydrogens (tertiary/aromatic N) is 2. The number of hydrogen-bond donors (Lipinski definition) is 3. The van der Waals surface area contributed by atoms with Crippen molar-refractivity contribution in [1.82, 2.24) is 9.88 Å². The lowest BCUT2D eigenvalue weighted by Crippen LogP contribution is -2.63. The van der Waals surface area contributed by atoms with Crippen molar-refractivity contribution >= 4 is 6.21 Å². The van der Waals surface area contributed by atoms with Gasteiger partial charge in [-0.1, -0.05) is 30.9 Å². The molecule has 2 aromatic rings. The Balaban J connectivity index is 2.14. The van der Waals surface area contributed by atoms with Crippen molar-refractivity contribution in [2.45, 2.75) is 17.6 Å². The summed E-state index contributed by atoms with van der Waals surface area (Å²) in [6.45, 7) is 2.82. The quantitative estimate of drug-likeness (QED) is 0.285. The smallest absolute Gasteiger partial charge is 0.272 e. The van der Waals surface area contributed by atoms with E-state index in [0.29, 0.717) is 11.1 Å². The van der Waals surface area contributed by atoms with Gasteiger partial charge in [0, 0.05) is 24.0 Å². The fourth-order valence-electron chi connectivity index (χ4n) is 3.53. The van der Waals surface area contributed by atoms with Crippen LogP contribution in [0.15, 0.2) is 73.1 Å². The molecule has 0 amide bonds. The molecule has 5 nitrogen and oxygen atoms in total. The minimum Gasteiger partial charge on any atom is -0.378 e. The fraction of sp³-hybridized carbons (Fsp3) is 0.238. The van der Waals surface area contributed by atoms with Gasteiger partial charge in [0.1, 0.15) is 11.4 Å². The van der Waals surface area contributed by atoms with Gasteiger partial charge in [0.15, 0.2) is 0 Å². The second-order valence-corrected chi connectivity index (χ2v) is 6.90. The summed E-state index contributed by atoms with van der Waals surface area (Å²) in [5.74, 6) is -3.35. The summed E-state index contributed by atoms with van der Waals surface area (Å²) < 4.78 is 40.9. The minimum atomic E-state index is -2.88. The van der Waals surface area contributed by atoms with Crippen LogP contribution in [0.1, 0.15) is 17.2 Å². The highest BCUT2D eigenvalue weighted by molar-refractivity contribution is 5.66. The summed E-state index contributed by atoms with van der Waals surface area (Å²) in [5.41, 5.74) is -0.868. The van der Waals surface area contributed by atoms with Crippen LogP contribution in [0.5, 0.6) is 0 Å². The van der Waals surface area contributed by atoms with Crippen molar-refractivity contribution < 1.29 is 28.6 Å². The van der Waals surface area contributed by atoms with Gasteiger partial charge in [0.25, 0.3) is 5.92 Å². The molecule has 1 fully saturated rings. The highest BCUT2D eigenvalue weighted by Crippen LogP contribution is 2.48. The van der Waals surface area contributed by atoms with E-state index >= 15 is 0 Å². The molecule has 152 valence electrons. The van der Waals surface area contributed by atoms with Gasteiger partial charge in [-0.3, -0.25) is 15.1 Å². The van der Waals surface area contributed by atoms with E-state index in [-0.39, 0.29) is 5.57 Å². The first-order valence-corrected chi connectivity index (χ1v) is 8.87. The molecule has 2 heterocycles. The standard InChI is InChI=1S/C21H20F3N3O2/c1-15(4-2-11-26-29)21(28,17-5-3-10-25-12-17)19(27-13-20(23,24)14-27)16-6-8-18(22)9-7-16/h2-12,19,28-29H,1,13-14H2/p+1/b4-2-,26-11+. The molecule has 29 heavy (non-hydrogen) atoms.